The number of carbonyl (C=O) groups excluding carboxylic acids is 1. The lowest BCUT2D eigenvalue weighted by atomic mass is 9.97. The largest absolute Gasteiger partial charge is 0.468 e. The highest BCUT2D eigenvalue weighted by molar-refractivity contribution is 5.81. The fraction of sp³-hybridized carbons (Fsp3) is 0.933. The molecular formula is C15H27NO4. The number of carbonyl (C=O) groups is 1. The Bertz CT molecular complexity index is 330. The van der Waals surface area contributed by atoms with Gasteiger partial charge in [0.25, 0.3) is 0 Å². The lowest BCUT2D eigenvalue weighted by Crippen LogP contribution is -2.52. The van der Waals surface area contributed by atoms with Crippen molar-refractivity contribution in [1.82, 2.24) is 5.32 Å². The van der Waals surface area contributed by atoms with Gasteiger partial charge in [-0.2, -0.15) is 0 Å². The zero-order chi connectivity index (χ0) is 14.6. The molecule has 0 bridgehead atoms. The van der Waals surface area contributed by atoms with E-state index in [1.54, 1.807) is 0 Å². The average Bonchev–Trinajstić information content (AvgIpc) is 3.13. The molecule has 2 atom stereocenters. The highest BCUT2D eigenvalue weighted by Gasteiger charge is 2.49. The van der Waals surface area contributed by atoms with Gasteiger partial charge in [-0.05, 0) is 39.5 Å². The highest BCUT2D eigenvalue weighted by atomic mass is 16.5. The number of methoxy groups -OCH3 is 1. The van der Waals surface area contributed by atoms with E-state index in [0.717, 1.165) is 25.7 Å². The van der Waals surface area contributed by atoms with Crippen molar-refractivity contribution in [3.63, 3.8) is 0 Å². The quantitative estimate of drug-likeness (QED) is 0.543. The van der Waals surface area contributed by atoms with Crippen molar-refractivity contribution < 1.29 is 19.0 Å². The summed E-state index contributed by atoms with van der Waals surface area (Å²) in [7, 11) is 1.46. The molecule has 116 valence electrons. The molecule has 0 spiro atoms. The number of nitrogens with one attached hydrogen (secondary N) is 1. The van der Waals surface area contributed by atoms with Crippen LogP contribution in [-0.4, -0.2) is 50.1 Å². The molecule has 1 N–H and O–H groups in total. The predicted octanol–water partition coefficient (Wildman–Crippen LogP) is 1.64. The molecular weight excluding hydrogens is 258 g/mol. The van der Waals surface area contributed by atoms with Crippen LogP contribution in [0.2, 0.25) is 0 Å². The van der Waals surface area contributed by atoms with Gasteiger partial charge in [-0.25, -0.2) is 0 Å². The van der Waals surface area contributed by atoms with E-state index in [4.69, 9.17) is 14.2 Å². The molecule has 2 unspecified atom stereocenters. The highest BCUT2D eigenvalue weighted by Crippen LogP contribution is 2.36. The van der Waals surface area contributed by atoms with E-state index in [1.165, 1.54) is 7.11 Å². The first kappa shape index (κ1) is 15.7. The fourth-order valence-corrected chi connectivity index (χ4v) is 2.83. The van der Waals surface area contributed by atoms with Crippen LogP contribution in [-0.2, 0) is 19.0 Å². The van der Waals surface area contributed by atoms with Crippen LogP contribution in [0.3, 0.4) is 0 Å². The maximum atomic E-state index is 12.1. The molecule has 0 aliphatic heterocycles. The number of rotatable bonds is 8. The molecule has 20 heavy (non-hydrogen) atoms. The Kier molecular flexibility index (Phi) is 5.41. The summed E-state index contributed by atoms with van der Waals surface area (Å²) in [5.74, 6) is -0.145. The summed E-state index contributed by atoms with van der Waals surface area (Å²) in [4.78, 5) is 12.1. The van der Waals surface area contributed by atoms with Gasteiger partial charge in [0.15, 0.2) is 0 Å². The van der Waals surface area contributed by atoms with E-state index in [9.17, 15) is 4.79 Å². The number of hydrogen-bond donors (Lipinski definition) is 1. The summed E-state index contributed by atoms with van der Waals surface area (Å²) >= 11 is 0. The van der Waals surface area contributed by atoms with E-state index in [1.807, 2.05) is 13.8 Å². The predicted molar refractivity (Wildman–Crippen MR) is 75.6 cm³/mol. The van der Waals surface area contributed by atoms with Crippen LogP contribution in [0.4, 0.5) is 0 Å². The second kappa shape index (κ2) is 6.87. The lowest BCUT2D eigenvalue weighted by Gasteiger charge is -2.27. The standard InChI is InChI=1S/C15H27NO4/c1-11(2)19-8-9-20-13-6-7-15(10-13,14(17)18-3)16-12-4-5-12/h11-13,16H,4-10H2,1-3H3. The second-order valence-electron chi connectivity index (χ2n) is 6.15. The fourth-order valence-electron chi connectivity index (χ4n) is 2.83. The van der Waals surface area contributed by atoms with Gasteiger partial charge in [-0.15, -0.1) is 0 Å². The number of hydrogen-bond acceptors (Lipinski definition) is 5. The summed E-state index contributed by atoms with van der Waals surface area (Å²) in [5.41, 5.74) is -0.528. The maximum absolute atomic E-state index is 12.1. The molecule has 0 amide bonds. The molecule has 0 saturated heterocycles. The van der Waals surface area contributed by atoms with Crippen LogP contribution in [0.5, 0.6) is 0 Å². The Balaban J connectivity index is 1.79. The van der Waals surface area contributed by atoms with Crippen LogP contribution in [0.1, 0.15) is 46.0 Å². The summed E-state index contributed by atoms with van der Waals surface area (Å²) in [6.45, 7) is 5.22. The Morgan fingerprint density at radius 2 is 2.05 bits per heavy atom. The molecule has 0 aromatic rings. The number of esters is 1. The summed E-state index contributed by atoms with van der Waals surface area (Å²) in [6.07, 6.45) is 5.07. The first-order valence-corrected chi connectivity index (χ1v) is 7.65. The minimum Gasteiger partial charge on any atom is -0.468 e. The van der Waals surface area contributed by atoms with Crippen molar-refractivity contribution in [2.24, 2.45) is 0 Å². The van der Waals surface area contributed by atoms with Crippen molar-refractivity contribution in [3.8, 4) is 0 Å². The van der Waals surface area contributed by atoms with Gasteiger partial charge in [0.1, 0.15) is 5.54 Å². The third-order valence-corrected chi connectivity index (χ3v) is 3.99. The monoisotopic (exact) mass is 285 g/mol. The van der Waals surface area contributed by atoms with Crippen molar-refractivity contribution in [3.05, 3.63) is 0 Å². The molecule has 2 rings (SSSR count). The number of ether oxygens (including phenoxy) is 3. The minimum absolute atomic E-state index is 0.121. The molecule has 0 radical (unpaired) electrons. The van der Waals surface area contributed by atoms with Crippen molar-refractivity contribution >= 4 is 5.97 Å². The van der Waals surface area contributed by atoms with E-state index in [2.05, 4.69) is 5.32 Å². The molecule has 2 aliphatic rings. The Morgan fingerprint density at radius 1 is 1.30 bits per heavy atom. The molecule has 2 fully saturated rings. The van der Waals surface area contributed by atoms with Gasteiger partial charge < -0.3 is 14.2 Å². The van der Waals surface area contributed by atoms with Crippen LogP contribution in [0.25, 0.3) is 0 Å². The third-order valence-electron chi connectivity index (χ3n) is 3.99. The Morgan fingerprint density at radius 3 is 2.65 bits per heavy atom. The van der Waals surface area contributed by atoms with E-state index in [0.29, 0.717) is 25.7 Å². The first-order valence-electron chi connectivity index (χ1n) is 7.65. The zero-order valence-corrected chi connectivity index (χ0v) is 12.8. The second-order valence-corrected chi connectivity index (χ2v) is 6.15. The zero-order valence-electron chi connectivity index (χ0n) is 12.8. The van der Waals surface area contributed by atoms with Crippen LogP contribution >= 0.6 is 0 Å². The first-order chi connectivity index (χ1) is 9.55. The van der Waals surface area contributed by atoms with Gasteiger partial charge >= 0.3 is 5.97 Å². The van der Waals surface area contributed by atoms with Crippen molar-refractivity contribution in [1.29, 1.82) is 0 Å². The molecule has 0 heterocycles. The minimum atomic E-state index is -0.528. The van der Waals surface area contributed by atoms with E-state index >= 15 is 0 Å². The van der Waals surface area contributed by atoms with Crippen LogP contribution in [0, 0.1) is 0 Å². The topological polar surface area (TPSA) is 56.8 Å². The van der Waals surface area contributed by atoms with Crippen molar-refractivity contribution in [2.75, 3.05) is 20.3 Å². The van der Waals surface area contributed by atoms with Gasteiger partial charge in [0.05, 0.1) is 32.5 Å². The normalized spacial score (nSPS) is 29.9. The van der Waals surface area contributed by atoms with Gasteiger partial charge in [0, 0.05) is 12.5 Å². The molecule has 0 aromatic carbocycles. The van der Waals surface area contributed by atoms with Crippen LogP contribution < -0.4 is 5.32 Å². The van der Waals surface area contributed by atoms with E-state index < -0.39 is 5.54 Å². The van der Waals surface area contributed by atoms with Gasteiger partial charge in [0.2, 0.25) is 0 Å². The Labute approximate surface area is 121 Å². The lowest BCUT2D eigenvalue weighted by molar-refractivity contribution is -0.149. The molecule has 0 aromatic heterocycles. The molecule has 2 saturated carbocycles. The molecule has 2 aliphatic carbocycles. The average molecular weight is 285 g/mol. The van der Waals surface area contributed by atoms with E-state index in [-0.39, 0.29) is 18.2 Å². The summed E-state index contributed by atoms with van der Waals surface area (Å²) < 4.78 is 16.3. The maximum Gasteiger partial charge on any atom is 0.326 e. The van der Waals surface area contributed by atoms with Crippen molar-refractivity contribution in [2.45, 2.75) is 69.7 Å². The van der Waals surface area contributed by atoms with Gasteiger partial charge in [-0.1, -0.05) is 0 Å². The molecule has 5 nitrogen and oxygen atoms in total. The SMILES string of the molecule is COC(=O)C1(NC2CC2)CCC(OCCOC(C)C)C1. The summed E-state index contributed by atoms with van der Waals surface area (Å²) in [6, 6.07) is 0.483. The Hall–Kier alpha value is -0.650. The van der Waals surface area contributed by atoms with Gasteiger partial charge in [-0.3, -0.25) is 10.1 Å². The molecule has 5 heteroatoms. The third kappa shape index (κ3) is 4.17. The summed E-state index contributed by atoms with van der Waals surface area (Å²) in [5, 5.41) is 3.47. The van der Waals surface area contributed by atoms with Crippen LogP contribution in [0.15, 0.2) is 0 Å². The smallest absolute Gasteiger partial charge is 0.326 e.